The number of carbonyl (C=O) groups excluding carboxylic acids is 5. The number of nitrogens with zero attached hydrogens (tertiary/aromatic N) is 5. The average molecular weight is 1560 g/mol. The van der Waals surface area contributed by atoms with Gasteiger partial charge in [-0.1, -0.05) is 84.9 Å². The highest BCUT2D eigenvalue weighted by molar-refractivity contribution is 8.26. The minimum atomic E-state index is -1.67. The van der Waals surface area contributed by atoms with Gasteiger partial charge in [0.1, 0.15) is 30.0 Å². The van der Waals surface area contributed by atoms with Crippen LogP contribution in [0.25, 0.3) is 43.6 Å². The third-order valence-electron chi connectivity index (χ3n) is 17.4. The van der Waals surface area contributed by atoms with E-state index in [1.807, 2.05) is 164 Å². The van der Waals surface area contributed by atoms with E-state index in [0.717, 1.165) is 88.9 Å². The number of aliphatic carboxylic acids is 1. The highest BCUT2D eigenvalue weighted by Crippen LogP contribution is 2.46. The van der Waals surface area contributed by atoms with Gasteiger partial charge in [0.05, 0.1) is 39.3 Å². The lowest BCUT2D eigenvalue weighted by Gasteiger charge is -2.41. The second-order valence-corrected chi connectivity index (χ2v) is 26.8. The molecule has 0 fully saturated rings. The van der Waals surface area contributed by atoms with Crippen molar-refractivity contribution in [1.82, 2.24) is 28.5 Å². The topological polar surface area (TPSA) is 317 Å². The van der Waals surface area contributed by atoms with Crippen LogP contribution < -0.4 is 41.5 Å². The van der Waals surface area contributed by atoms with Gasteiger partial charge in [-0.15, -0.1) is 35.6 Å². The van der Waals surface area contributed by atoms with Crippen molar-refractivity contribution in [3.63, 3.8) is 0 Å². The molecule has 550 valence electrons. The molecule has 0 bridgehead atoms. The fraction of sp³-hybridized carbons (Fsp3) is 0.306. The lowest BCUT2D eigenvalue weighted by molar-refractivity contribution is -0.154. The van der Waals surface area contributed by atoms with Crippen molar-refractivity contribution < 1.29 is 71.2 Å². The van der Waals surface area contributed by atoms with Crippen molar-refractivity contribution in [2.45, 2.75) is 61.9 Å². The molecule has 6 atom stereocenters. The number of aryl methyl sites for hydroxylation is 4. The van der Waals surface area contributed by atoms with Crippen LogP contribution in [0, 0.1) is 0 Å². The number of nitrogens with two attached hydrogens (primary N) is 3. The van der Waals surface area contributed by atoms with Gasteiger partial charge in [-0.3, -0.25) is 29.3 Å². The molecule has 0 aliphatic carbocycles. The first-order valence-electron chi connectivity index (χ1n) is 31.6. The number of alkyl halides is 2. The van der Waals surface area contributed by atoms with Crippen LogP contribution in [0.5, 0.6) is 23.0 Å². The minimum Gasteiger partial charge on any atom is -0.480 e. The highest BCUT2D eigenvalue weighted by atomic mass is 36.0. The Bertz CT molecular complexity index is 4690. The van der Waals surface area contributed by atoms with Gasteiger partial charge in [-0.2, -0.15) is 0 Å². The van der Waals surface area contributed by atoms with Crippen LogP contribution >= 0.6 is 68.6 Å². The van der Waals surface area contributed by atoms with Crippen molar-refractivity contribution in [1.29, 1.82) is 0 Å². The van der Waals surface area contributed by atoms with E-state index in [-0.39, 0.29) is 61.6 Å². The molecule has 4 aliphatic rings. The summed E-state index contributed by atoms with van der Waals surface area (Å²) in [4.78, 5) is 71.2. The number of rotatable bonds is 12. The zero-order valence-corrected chi connectivity index (χ0v) is 62.7. The van der Waals surface area contributed by atoms with Gasteiger partial charge in [-0.05, 0) is 101 Å². The number of hydrogen-bond acceptors (Lipinski definition) is 18. The van der Waals surface area contributed by atoms with Crippen LogP contribution in [0.3, 0.4) is 0 Å². The van der Waals surface area contributed by atoms with E-state index >= 15 is 0 Å². The van der Waals surface area contributed by atoms with Crippen molar-refractivity contribution in [2.75, 3.05) is 53.7 Å². The van der Waals surface area contributed by atoms with E-state index in [1.54, 1.807) is 4.90 Å². The third-order valence-corrected chi connectivity index (χ3v) is 18.2. The summed E-state index contributed by atoms with van der Waals surface area (Å²) in [7, 11) is 20.9. The molecular formula is C72H79Cl6N9O15S. The molecule has 0 saturated carbocycles. The molecule has 24 nitrogen and oxygen atoms in total. The van der Waals surface area contributed by atoms with Gasteiger partial charge in [0.2, 0.25) is 34.0 Å². The first-order chi connectivity index (χ1) is 48.9. The highest BCUT2D eigenvalue weighted by Gasteiger charge is 2.45. The third kappa shape index (κ3) is 18.9. The number of halogens is 6. The number of amides is 1. The van der Waals surface area contributed by atoms with E-state index in [9.17, 15) is 28.8 Å². The molecule has 10 aromatic rings. The number of carbonyl (C=O) groups is 6. The summed E-state index contributed by atoms with van der Waals surface area (Å²) >= 11 is 15.5. The molecule has 4 aromatic heterocycles. The second-order valence-electron chi connectivity index (χ2n) is 23.3. The zero-order valence-electron chi connectivity index (χ0n) is 57.3. The standard InChI is InChI=1S/C23H21ClN2O5.C21H20N2O4.C13H16N2O2.C12H14N2O2.C2H2Cl2O.CH5N.Cl2OS.ClH/c1-25-16-6-4-3-5-14(16)15-10-17(23(28)29-2)26(20(27)11-24)21(22(15)25)13-7-8-18-19(9-13)31-12-30-18;1-23-16-6-4-3-5-13(16)14-10-15(21(24)25-2)22-19(20(14)23)12-7-8-17-18(9-12)27-11-26-17;1-15-8-9(7-11(14)13(16)17-2)10-5-3-4-6-12(10)15;1-14-7-8(6-10(13)12(15)16)9-4-2-3-5-11(9)14;3-1-2(4)5;1-2;1-4(2)3;/h3-9,17,21H,10-12H2,1-2H3;3-9,15,19,22H,10-11H2,1-2H3;3-6,8,11H,7,14H2,1-2H3;2-5,7,10H,6,13H2,1H3,(H,15,16);1H2;2H2,1H3;;1H/t17-,21-;15-,19-;11-;10-;;;;/m1111..../s1. The molecule has 0 spiro atoms. The van der Waals surface area contributed by atoms with Crippen LogP contribution in [-0.2, 0) is 106 Å². The van der Waals surface area contributed by atoms with Crippen molar-refractivity contribution in [2.24, 2.45) is 45.4 Å². The number of aromatic nitrogens is 4. The van der Waals surface area contributed by atoms with E-state index < -0.39 is 56.6 Å². The number of carboxylic acids is 1. The summed E-state index contributed by atoms with van der Waals surface area (Å²) in [6, 6.07) is 40.5. The second kappa shape index (κ2) is 37.7. The number of hydrogen-bond donors (Lipinski definition) is 5. The number of methoxy groups -OCH3 is 3. The van der Waals surface area contributed by atoms with Gasteiger partial charge < -0.3 is 78.6 Å². The van der Waals surface area contributed by atoms with E-state index in [1.165, 1.54) is 39.3 Å². The Morgan fingerprint density at radius 2 is 1.00 bits per heavy atom. The van der Waals surface area contributed by atoms with Crippen molar-refractivity contribution in [3.05, 3.63) is 191 Å². The van der Waals surface area contributed by atoms with Crippen molar-refractivity contribution in [3.8, 4) is 23.0 Å². The SMILES string of the molecule is CN.COC(=O)[C@H](N)Cc1cn(C)c2ccccc12.COC(=O)[C@H]1Cc2c(n(C)c3ccccc23)[C@@H](c2ccc3c(c2)OCO3)N1.COC(=O)[C@H]1Cc2c(n(C)c3ccccc23)[C@@H](c2ccc3c(c2)OCO3)N1C(=O)CCl.Cl.Cn1cc(C[C@@H](N)C(=O)O)c2ccccc21.O=C(Cl)CCl.O=S(Cl)Cl. The van der Waals surface area contributed by atoms with Gasteiger partial charge in [0, 0.05) is 143 Å². The molecule has 31 heteroatoms. The van der Waals surface area contributed by atoms with E-state index in [2.05, 4.69) is 65.5 Å². The first kappa shape index (κ1) is 81.7. The number of fused-ring (bicyclic) bond motifs is 10. The molecular weight excluding hydrogens is 1480 g/mol. The summed E-state index contributed by atoms with van der Waals surface area (Å²) < 4.78 is 54.2. The summed E-state index contributed by atoms with van der Waals surface area (Å²) in [5.41, 5.74) is 28.4. The number of esters is 3. The molecule has 0 saturated heterocycles. The number of nitrogens with one attached hydrogen (secondary N) is 1. The number of benzene rings is 6. The monoisotopic (exact) mass is 1550 g/mol. The Hall–Kier alpha value is -8.57. The Balaban J connectivity index is 0.000000188. The Kier molecular flexibility index (Phi) is 29.9. The normalized spacial score (nSPS) is 16.1. The van der Waals surface area contributed by atoms with Gasteiger partial charge >= 0.3 is 23.9 Å². The average Bonchev–Trinajstić information content (AvgIpc) is 1.60. The molecule has 14 rings (SSSR count). The lowest BCUT2D eigenvalue weighted by atomic mass is 9.87. The number of ether oxygens (including phenoxy) is 7. The number of para-hydroxylation sites is 4. The van der Waals surface area contributed by atoms with Gasteiger partial charge in [0.15, 0.2) is 23.0 Å². The maximum absolute atomic E-state index is 13.1. The molecule has 4 aliphatic heterocycles. The molecule has 6 aromatic carbocycles. The van der Waals surface area contributed by atoms with Crippen LogP contribution in [0.2, 0.25) is 0 Å². The van der Waals surface area contributed by atoms with E-state index in [4.69, 9.17) is 84.0 Å². The molecule has 0 radical (unpaired) electrons. The van der Waals surface area contributed by atoms with Crippen LogP contribution in [0.1, 0.15) is 56.9 Å². The predicted octanol–water partition coefficient (Wildman–Crippen LogP) is 10.2. The van der Waals surface area contributed by atoms with Gasteiger partial charge in [-0.25, -0.2) is 9.00 Å². The number of carboxylic acid groups (broad SMARTS) is 1. The Morgan fingerprint density at radius 3 is 1.46 bits per heavy atom. The predicted molar refractivity (Wildman–Crippen MR) is 402 cm³/mol. The molecule has 8 heterocycles. The molecule has 8 N–H and O–H groups in total. The fourth-order valence-electron chi connectivity index (χ4n) is 13.0. The Labute approximate surface area is 626 Å². The minimum absolute atomic E-state index is 0. The van der Waals surface area contributed by atoms with E-state index in [0.29, 0.717) is 37.2 Å². The largest absolute Gasteiger partial charge is 0.480 e. The lowest BCUT2D eigenvalue weighted by Crippen LogP contribution is -2.52. The summed E-state index contributed by atoms with van der Waals surface area (Å²) in [6.45, 7) is 0.388. The van der Waals surface area contributed by atoms with Gasteiger partial charge in [0.25, 0.3) is 0 Å². The molecule has 0 unspecified atom stereocenters. The maximum atomic E-state index is 13.1. The summed E-state index contributed by atoms with van der Waals surface area (Å²) in [5.74, 6) is -0.00216. The molecule has 103 heavy (non-hydrogen) atoms. The van der Waals surface area contributed by atoms with Crippen LogP contribution in [0.4, 0.5) is 0 Å². The zero-order chi connectivity index (χ0) is 74.2. The smallest absolute Gasteiger partial charge is 0.328 e. The van der Waals surface area contributed by atoms with Crippen LogP contribution in [0.15, 0.2) is 146 Å². The quantitative estimate of drug-likeness (QED) is 0.0328. The van der Waals surface area contributed by atoms with Crippen LogP contribution in [-0.4, -0.2) is 145 Å². The summed E-state index contributed by atoms with van der Waals surface area (Å²) in [5, 5.41) is 16.2. The molecule has 1 amide bonds. The first-order valence-corrected chi connectivity index (χ1v) is 35.8. The van der Waals surface area contributed by atoms with Crippen molar-refractivity contribution >= 4 is 156 Å². The maximum Gasteiger partial charge on any atom is 0.328 e. The summed E-state index contributed by atoms with van der Waals surface area (Å²) in [6.07, 6.45) is 5.75. The Morgan fingerprint density at radius 1 is 0.583 bits per heavy atom. The fourth-order valence-corrected chi connectivity index (χ4v) is 13.1.